The van der Waals surface area contributed by atoms with E-state index in [9.17, 15) is 14.7 Å². The van der Waals surface area contributed by atoms with Crippen LogP contribution in [0.1, 0.15) is 12.8 Å². The number of hydrogen-bond acceptors (Lipinski definition) is 3. The summed E-state index contributed by atoms with van der Waals surface area (Å²) in [5.41, 5.74) is -1.23. The Balaban J connectivity index is 2.57. The van der Waals surface area contributed by atoms with Crippen LogP contribution in [0, 0.1) is 0 Å². The van der Waals surface area contributed by atoms with Gasteiger partial charge < -0.3 is 20.5 Å². The van der Waals surface area contributed by atoms with E-state index in [0.717, 1.165) is 0 Å². The van der Waals surface area contributed by atoms with Crippen LogP contribution >= 0.6 is 15.9 Å². The molecule has 0 unspecified atom stereocenters. The van der Waals surface area contributed by atoms with E-state index in [-0.39, 0.29) is 19.4 Å². The number of hydrogen-bond donors (Lipinski definition) is 3. The smallest absolute Gasteiger partial charge is 0.329 e. The number of ether oxygens (including phenoxy) is 1. The van der Waals surface area contributed by atoms with E-state index < -0.39 is 17.5 Å². The van der Waals surface area contributed by atoms with Gasteiger partial charge in [-0.25, -0.2) is 9.59 Å². The van der Waals surface area contributed by atoms with Crippen molar-refractivity contribution in [2.45, 2.75) is 18.4 Å². The number of carboxylic acids is 1. The molecule has 1 aliphatic heterocycles. The Labute approximate surface area is 108 Å². The lowest BCUT2D eigenvalue weighted by Crippen LogP contribution is -2.59. The Morgan fingerprint density at radius 3 is 2.47 bits per heavy atom. The highest BCUT2D eigenvalue weighted by Gasteiger charge is 2.41. The fourth-order valence-electron chi connectivity index (χ4n) is 1.55. The van der Waals surface area contributed by atoms with Crippen LogP contribution in [0.15, 0.2) is 11.1 Å². The molecule has 17 heavy (non-hydrogen) atoms. The maximum absolute atomic E-state index is 11.5. The van der Waals surface area contributed by atoms with E-state index in [0.29, 0.717) is 17.7 Å². The molecule has 96 valence electrons. The van der Waals surface area contributed by atoms with Crippen molar-refractivity contribution in [2.75, 3.05) is 19.8 Å². The Bertz CT molecular complexity index is 326. The average Bonchev–Trinajstić information content (AvgIpc) is 2.27. The first kappa shape index (κ1) is 14.0. The number of carboxylic acid groups (broad SMARTS) is 1. The van der Waals surface area contributed by atoms with Crippen molar-refractivity contribution >= 4 is 27.9 Å². The second-order valence-electron chi connectivity index (χ2n) is 3.82. The second kappa shape index (κ2) is 6.02. The van der Waals surface area contributed by atoms with Gasteiger partial charge in [-0.15, -0.1) is 0 Å². The van der Waals surface area contributed by atoms with Crippen molar-refractivity contribution < 1.29 is 19.4 Å². The third-order valence-electron chi connectivity index (χ3n) is 2.55. The first-order valence-electron chi connectivity index (χ1n) is 5.17. The molecule has 7 heteroatoms. The Kier molecular flexibility index (Phi) is 4.95. The summed E-state index contributed by atoms with van der Waals surface area (Å²) in [6.07, 6.45) is 0.538. The summed E-state index contributed by atoms with van der Waals surface area (Å²) >= 11 is 3.10. The van der Waals surface area contributed by atoms with Gasteiger partial charge in [0.2, 0.25) is 0 Å². The molecule has 3 N–H and O–H groups in total. The van der Waals surface area contributed by atoms with Gasteiger partial charge in [-0.1, -0.05) is 22.5 Å². The number of urea groups is 1. The van der Waals surface area contributed by atoms with Crippen molar-refractivity contribution in [2.24, 2.45) is 0 Å². The van der Waals surface area contributed by atoms with Gasteiger partial charge in [0.05, 0.1) is 6.54 Å². The molecule has 0 saturated carbocycles. The van der Waals surface area contributed by atoms with Crippen LogP contribution in [0.4, 0.5) is 4.79 Å². The first-order valence-corrected chi connectivity index (χ1v) is 5.96. The Morgan fingerprint density at radius 2 is 2.00 bits per heavy atom. The zero-order valence-electron chi connectivity index (χ0n) is 9.29. The summed E-state index contributed by atoms with van der Waals surface area (Å²) in [5.74, 6) is -1.03. The number of carbonyl (C=O) groups excluding carboxylic acids is 1. The van der Waals surface area contributed by atoms with Crippen LogP contribution in [-0.2, 0) is 9.53 Å². The average molecular weight is 307 g/mol. The van der Waals surface area contributed by atoms with Gasteiger partial charge in [0.1, 0.15) is 5.54 Å². The normalized spacial score (nSPS) is 18.2. The lowest BCUT2D eigenvalue weighted by molar-refractivity contribution is -0.148. The lowest BCUT2D eigenvalue weighted by Gasteiger charge is -2.33. The van der Waals surface area contributed by atoms with Crippen molar-refractivity contribution in [1.29, 1.82) is 0 Å². The summed E-state index contributed by atoms with van der Waals surface area (Å²) < 4.78 is 5.71. The van der Waals surface area contributed by atoms with Gasteiger partial charge in [-0.2, -0.15) is 0 Å². The third kappa shape index (κ3) is 4.01. The molecule has 0 spiro atoms. The minimum atomic E-state index is -1.23. The van der Waals surface area contributed by atoms with Crippen LogP contribution in [-0.4, -0.2) is 42.4 Å². The van der Waals surface area contributed by atoms with Gasteiger partial charge >= 0.3 is 12.0 Å². The molecule has 0 aromatic rings. The van der Waals surface area contributed by atoms with E-state index in [1.165, 1.54) is 0 Å². The second-order valence-corrected chi connectivity index (χ2v) is 4.95. The molecule has 0 aromatic carbocycles. The molecule has 1 aliphatic rings. The standard InChI is InChI=1S/C10H15BrN2O4/c1-7(11)6-12-9(16)13-10(8(14)15)2-4-17-5-3-10/h1-6H2,(H,14,15)(H2,12,13,16). The number of carbonyl (C=O) groups is 2. The molecule has 0 aliphatic carbocycles. The van der Waals surface area contributed by atoms with E-state index in [4.69, 9.17) is 4.74 Å². The largest absolute Gasteiger partial charge is 0.480 e. The molecule has 1 rings (SSSR count). The molecule has 1 saturated heterocycles. The lowest BCUT2D eigenvalue weighted by atomic mass is 9.90. The van der Waals surface area contributed by atoms with Gasteiger partial charge in [-0.3, -0.25) is 0 Å². The zero-order chi connectivity index (χ0) is 12.9. The third-order valence-corrected chi connectivity index (χ3v) is 2.83. The molecular formula is C10H15BrN2O4. The van der Waals surface area contributed by atoms with Crippen LogP contribution in [0.5, 0.6) is 0 Å². The predicted molar refractivity (Wildman–Crippen MR) is 65.0 cm³/mol. The number of rotatable bonds is 4. The monoisotopic (exact) mass is 306 g/mol. The van der Waals surface area contributed by atoms with E-state index >= 15 is 0 Å². The van der Waals surface area contributed by atoms with E-state index in [2.05, 4.69) is 33.1 Å². The molecule has 0 aromatic heterocycles. The number of aliphatic carboxylic acids is 1. The van der Waals surface area contributed by atoms with E-state index in [1.54, 1.807) is 0 Å². The molecule has 1 fully saturated rings. The highest BCUT2D eigenvalue weighted by molar-refractivity contribution is 9.11. The van der Waals surface area contributed by atoms with Gasteiger partial charge in [0.15, 0.2) is 0 Å². The molecule has 0 bridgehead atoms. The summed E-state index contributed by atoms with van der Waals surface area (Å²) in [6, 6.07) is -0.519. The van der Waals surface area contributed by atoms with Crippen LogP contribution in [0.25, 0.3) is 0 Å². The van der Waals surface area contributed by atoms with E-state index in [1.807, 2.05) is 0 Å². The highest BCUT2D eigenvalue weighted by Crippen LogP contribution is 2.20. The molecule has 2 amide bonds. The highest BCUT2D eigenvalue weighted by atomic mass is 79.9. The summed E-state index contributed by atoms with van der Waals surface area (Å²) in [5, 5.41) is 14.2. The predicted octanol–water partition coefficient (Wildman–Crippen LogP) is 0.828. The fourth-order valence-corrected chi connectivity index (χ4v) is 1.69. The van der Waals surface area contributed by atoms with Gasteiger partial charge in [0.25, 0.3) is 0 Å². The van der Waals surface area contributed by atoms with Crippen LogP contribution in [0.3, 0.4) is 0 Å². The quantitative estimate of drug-likeness (QED) is 0.718. The molecule has 0 radical (unpaired) electrons. The zero-order valence-corrected chi connectivity index (χ0v) is 10.9. The minimum Gasteiger partial charge on any atom is -0.480 e. The summed E-state index contributed by atoms with van der Waals surface area (Å²) in [7, 11) is 0. The molecule has 1 heterocycles. The fraction of sp³-hybridized carbons (Fsp3) is 0.600. The van der Waals surface area contributed by atoms with Crippen LogP contribution in [0.2, 0.25) is 0 Å². The van der Waals surface area contributed by atoms with Crippen molar-refractivity contribution in [3.63, 3.8) is 0 Å². The number of amides is 2. The first-order chi connectivity index (χ1) is 7.96. The topological polar surface area (TPSA) is 87.7 Å². The van der Waals surface area contributed by atoms with Crippen molar-refractivity contribution in [3.05, 3.63) is 11.1 Å². The Hall–Kier alpha value is -1.08. The SMILES string of the molecule is C=C(Br)CNC(=O)NC1(C(=O)O)CCOCC1. The van der Waals surface area contributed by atoms with Crippen molar-refractivity contribution in [3.8, 4) is 0 Å². The summed E-state index contributed by atoms with van der Waals surface area (Å²) in [4.78, 5) is 22.8. The number of halogens is 1. The maximum atomic E-state index is 11.5. The molecule has 6 nitrogen and oxygen atoms in total. The Morgan fingerprint density at radius 1 is 1.41 bits per heavy atom. The van der Waals surface area contributed by atoms with Crippen molar-refractivity contribution in [1.82, 2.24) is 10.6 Å². The van der Waals surface area contributed by atoms with Gasteiger partial charge in [0, 0.05) is 30.5 Å². The molecule has 0 atom stereocenters. The van der Waals surface area contributed by atoms with Crippen LogP contribution < -0.4 is 10.6 Å². The number of nitrogens with one attached hydrogen (secondary N) is 2. The van der Waals surface area contributed by atoms with Gasteiger partial charge in [-0.05, 0) is 0 Å². The molecular weight excluding hydrogens is 292 g/mol. The maximum Gasteiger partial charge on any atom is 0.329 e. The minimum absolute atomic E-state index is 0.248. The summed E-state index contributed by atoms with van der Waals surface area (Å²) in [6.45, 7) is 4.47.